The van der Waals surface area contributed by atoms with Crippen molar-refractivity contribution in [2.45, 2.75) is 32.7 Å². The van der Waals surface area contributed by atoms with E-state index in [2.05, 4.69) is 22.2 Å². The molecule has 0 unspecified atom stereocenters. The molecule has 1 aliphatic rings. The van der Waals surface area contributed by atoms with Crippen molar-refractivity contribution < 1.29 is 9.18 Å². The van der Waals surface area contributed by atoms with Gasteiger partial charge in [0.15, 0.2) is 5.65 Å². The van der Waals surface area contributed by atoms with Crippen LogP contribution in [-0.4, -0.2) is 20.4 Å². The lowest BCUT2D eigenvalue weighted by Gasteiger charge is -2.20. The molecular weight excluding hydrogens is 383 g/mol. The molecule has 0 saturated heterocycles. The number of fused-ring (bicyclic) bond motifs is 2. The van der Waals surface area contributed by atoms with E-state index in [-0.39, 0.29) is 22.8 Å². The first kappa shape index (κ1) is 18.6. The summed E-state index contributed by atoms with van der Waals surface area (Å²) >= 11 is 5.71. The second kappa shape index (κ2) is 7.31. The Morgan fingerprint density at radius 1 is 1.39 bits per heavy atom. The Morgan fingerprint density at radius 2 is 2.21 bits per heavy atom. The van der Waals surface area contributed by atoms with Gasteiger partial charge >= 0.3 is 0 Å². The molecule has 1 N–H and O–H groups in total. The minimum absolute atomic E-state index is 0.000853. The van der Waals surface area contributed by atoms with Crippen molar-refractivity contribution in [2.75, 3.05) is 5.32 Å². The maximum Gasteiger partial charge on any atom is 0.263 e. The molecule has 144 valence electrons. The third-order valence-electron chi connectivity index (χ3n) is 4.94. The van der Waals surface area contributed by atoms with Crippen molar-refractivity contribution in [1.82, 2.24) is 14.5 Å². The number of aromatic nitrogens is 3. The number of benzene rings is 1. The predicted molar refractivity (Wildman–Crippen MR) is 105 cm³/mol. The lowest BCUT2D eigenvalue weighted by atomic mass is 9.87. The predicted octanol–water partition coefficient (Wildman–Crippen LogP) is 3.35. The quantitative estimate of drug-likeness (QED) is 0.731. The van der Waals surface area contributed by atoms with Gasteiger partial charge in [-0.15, -0.1) is 0 Å². The standard InChI is InChI=1S/C20H18ClFN4O2/c1-11-2-4-16-12(6-11)7-14-19(25-16)23-10-26(20(14)28)9-18(27)24-17-5-3-13(21)8-15(17)22/h3,5,7-8,10-11H,2,4,6,9H2,1H3,(H,24,27)/t11-/m1/s1. The van der Waals surface area contributed by atoms with Gasteiger partial charge in [-0.1, -0.05) is 18.5 Å². The summed E-state index contributed by atoms with van der Waals surface area (Å²) in [7, 11) is 0. The summed E-state index contributed by atoms with van der Waals surface area (Å²) in [6.45, 7) is 1.90. The molecule has 0 spiro atoms. The van der Waals surface area contributed by atoms with E-state index in [0.717, 1.165) is 36.6 Å². The summed E-state index contributed by atoms with van der Waals surface area (Å²) in [5, 5.41) is 3.06. The van der Waals surface area contributed by atoms with Crippen LogP contribution in [0.2, 0.25) is 5.02 Å². The average molecular weight is 401 g/mol. The summed E-state index contributed by atoms with van der Waals surface area (Å²) in [5.74, 6) is -0.635. The fraction of sp³-hybridized carbons (Fsp3) is 0.300. The van der Waals surface area contributed by atoms with Crippen molar-refractivity contribution in [2.24, 2.45) is 5.92 Å². The van der Waals surface area contributed by atoms with E-state index < -0.39 is 11.7 Å². The first-order valence-electron chi connectivity index (χ1n) is 9.03. The van der Waals surface area contributed by atoms with E-state index in [1.165, 1.54) is 23.0 Å². The van der Waals surface area contributed by atoms with Crippen molar-refractivity contribution in [3.8, 4) is 0 Å². The first-order chi connectivity index (χ1) is 13.4. The molecule has 2 aromatic heterocycles. The highest BCUT2D eigenvalue weighted by Crippen LogP contribution is 2.25. The SMILES string of the molecule is C[C@@H]1CCc2nc3ncn(CC(=O)Nc4ccc(Cl)cc4F)c(=O)c3cc2C1. The summed E-state index contributed by atoms with van der Waals surface area (Å²) in [4.78, 5) is 33.8. The van der Waals surface area contributed by atoms with Crippen molar-refractivity contribution in [1.29, 1.82) is 0 Å². The smallest absolute Gasteiger partial charge is 0.263 e. The van der Waals surface area contributed by atoms with E-state index in [1.807, 2.05) is 6.07 Å². The topological polar surface area (TPSA) is 76.9 Å². The Hall–Kier alpha value is -2.80. The van der Waals surface area contributed by atoms with E-state index in [1.54, 1.807) is 0 Å². The highest BCUT2D eigenvalue weighted by atomic mass is 35.5. The van der Waals surface area contributed by atoms with E-state index in [9.17, 15) is 14.0 Å². The van der Waals surface area contributed by atoms with Gasteiger partial charge in [0.25, 0.3) is 5.56 Å². The van der Waals surface area contributed by atoms with Crippen LogP contribution in [0, 0.1) is 11.7 Å². The van der Waals surface area contributed by atoms with Gasteiger partial charge < -0.3 is 5.32 Å². The average Bonchev–Trinajstić information content (AvgIpc) is 2.65. The van der Waals surface area contributed by atoms with Gasteiger partial charge in [-0.25, -0.2) is 14.4 Å². The van der Waals surface area contributed by atoms with Crippen molar-refractivity contribution in [3.05, 3.63) is 63.0 Å². The number of amides is 1. The van der Waals surface area contributed by atoms with Crippen LogP contribution < -0.4 is 10.9 Å². The van der Waals surface area contributed by atoms with Crippen LogP contribution >= 0.6 is 11.6 Å². The molecule has 0 radical (unpaired) electrons. The summed E-state index contributed by atoms with van der Waals surface area (Å²) in [6.07, 6.45) is 4.13. The number of carbonyl (C=O) groups is 1. The van der Waals surface area contributed by atoms with Gasteiger partial charge in [0, 0.05) is 10.7 Å². The van der Waals surface area contributed by atoms with Gasteiger partial charge in [-0.3, -0.25) is 14.2 Å². The van der Waals surface area contributed by atoms with Crippen LogP contribution in [0.25, 0.3) is 11.0 Å². The number of nitrogens with one attached hydrogen (secondary N) is 1. The maximum atomic E-state index is 13.8. The van der Waals surface area contributed by atoms with Gasteiger partial charge in [0.1, 0.15) is 18.7 Å². The number of anilines is 1. The molecule has 8 heteroatoms. The Morgan fingerprint density at radius 3 is 3.00 bits per heavy atom. The molecule has 1 aromatic carbocycles. The van der Waals surface area contributed by atoms with Crippen LogP contribution in [0.15, 0.2) is 35.4 Å². The number of halogens is 2. The molecule has 0 aliphatic heterocycles. The normalized spacial score (nSPS) is 16.0. The minimum atomic E-state index is -0.644. The molecule has 6 nitrogen and oxygen atoms in total. The summed E-state index contributed by atoms with van der Waals surface area (Å²) < 4.78 is 15.0. The molecule has 1 amide bonds. The van der Waals surface area contributed by atoms with E-state index in [4.69, 9.17) is 11.6 Å². The zero-order valence-corrected chi connectivity index (χ0v) is 16.0. The lowest BCUT2D eigenvalue weighted by Crippen LogP contribution is -2.28. The van der Waals surface area contributed by atoms with Gasteiger partial charge in [-0.2, -0.15) is 0 Å². The molecule has 0 fully saturated rings. The monoisotopic (exact) mass is 400 g/mol. The number of nitrogens with zero attached hydrogens (tertiary/aromatic N) is 3. The summed E-state index contributed by atoms with van der Waals surface area (Å²) in [6, 6.07) is 5.79. The van der Waals surface area contributed by atoms with Crippen LogP contribution in [-0.2, 0) is 24.2 Å². The Balaban J connectivity index is 1.61. The van der Waals surface area contributed by atoms with E-state index in [0.29, 0.717) is 17.0 Å². The lowest BCUT2D eigenvalue weighted by molar-refractivity contribution is -0.116. The number of carbonyl (C=O) groups excluding carboxylic acids is 1. The van der Waals surface area contributed by atoms with Crippen LogP contribution in [0.5, 0.6) is 0 Å². The molecule has 28 heavy (non-hydrogen) atoms. The second-order valence-electron chi connectivity index (χ2n) is 7.16. The second-order valence-corrected chi connectivity index (χ2v) is 7.60. The van der Waals surface area contributed by atoms with Gasteiger partial charge in [0.05, 0.1) is 11.1 Å². The fourth-order valence-electron chi connectivity index (χ4n) is 3.47. The largest absolute Gasteiger partial charge is 0.322 e. The maximum absolute atomic E-state index is 13.8. The minimum Gasteiger partial charge on any atom is -0.322 e. The third-order valence-corrected chi connectivity index (χ3v) is 5.18. The Labute approximate surface area is 165 Å². The van der Waals surface area contributed by atoms with Gasteiger partial charge in [0.2, 0.25) is 5.91 Å². The zero-order valence-electron chi connectivity index (χ0n) is 15.2. The van der Waals surface area contributed by atoms with Crippen LogP contribution in [0.4, 0.5) is 10.1 Å². The molecule has 1 atom stereocenters. The molecule has 4 rings (SSSR count). The molecule has 1 aliphatic carbocycles. The zero-order chi connectivity index (χ0) is 19.8. The Kier molecular flexibility index (Phi) is 4.85. The number of pyridine rings is 1. The van der Waals surface area contributed by atoms with Crippen LogP contribution in [0.1, 0.15) is 24.6 Å². The summed E-state index contributed by atoms with van der Waals surface area (Å²) in [5.41, 5.74) is 2.10. The van der Waals surface area contributed by atoms with Crippen LogP contribution in [0.3, 0.4) is 0 Å². The van der Waals surface area contributed by atoms with E-state index >= 15 is 0 Å². The molecule has 0 saturated carbocycles. The van der Waals surface area contributed by atoms with Crippen molar-refractivity contribution >= 4 is 34.2 Å². The molecule has 0 bridgehead atoms. The highest BCUT2D eigenvalue weighted by Gasteiger charge is 2.19. The number of hydrogen-bond acceptors (Lipinski definition) is 4. The highest BCUT2D eigenvalue weighted by molar-refractivity contribution is 6.30. The number of hydrogen-bond donors (Lipinski definition) is 1. The number of rotatable bonds is 3. The van der Waals surface area contributed by atoms with Crippen molar-refractivity contribution in [3.63, 3.8) is 0 Å². The fourth-order valence-corrected chi connectivity index (χ4v) is 3.63. The van der Waals surface area contributed by atoms with Gasteiger partial charge in [-0.05, 0) is 55.0 Å². The molecular formula is C20H18ClFN4O2. The molecule has 3 aromatic rings. The number of aryl methyl sites for hydroxylation is 1. The third kappa shape index (κ3) is 3.62. The Bertz CT molecular complexity index is 1140. The molecule has 2 heterocycles. The first-order valence-corrected chi connectivity index (χ1v) is 9.41.